The summed E-state index contributed by atoms with van der Waals surface area (Å²) in [6.07, 6.45) is 1.44. The van der Waals surface area contributed by atoms with E-state index in [0.29, 0.717) is 5.01 Å². The van der Waals surface area contributed by atoms with Crippen molar-refractivity contribution in [2.24, 2.45) is 0 Å². The molecule has 0 fully saturated rings. The second-order valence-corrected chi connectivity index (χ2v) is 8.40. The molecule has 1 N–H and O–H groups in total. The summed E-state index contributed by atoms with van der Waals surface area (Å²) in [5.41, 5.74) is 1.64. The zero-order valence-electron chi connectivity index (χ0n) is 14.4. The van der Waals surface area contributed by atoms with Gasteiger partial charge in [0, 0.05) is 12.0 Å². The molecular weight excluding hydrogens is 384 g/mol. The van der Waals surface area contributed by atoms with E-state index in [-0.39, 0.29) is 19.6 Å². The van der Waals surface area contributed by atoms with Crippen molar-refractivity contribution in [2.75, 3.05) is 6.54 Å². The molecule has 0 atom stereocenters. The second kappa shape index (κ2) is 8.90. The first-order chi connectivity index (χ1) is 13.0. The average Bonchev–Trinajstić information content (AvgIpc) is 3.09. The van der Waals surface area contributed by atoms with Crippen LogP contribution in [0.3, 0.4) is 0 Å². The molecule has 0 saturated carbocycles. The fourth-order valence-electron chi connectivity index (χ4n) is 2.27. The van der Waals surface area contributed by atoms with E-state index in [1.807, 2.05) is 42.5 Å². The fraction of sp³-hybridized carbons (Fsp3) is 0.158. The number of rotatable bonds is 8. The average molecular weight is 402 g/mol. The van der Waals surface area contributed by atoms with Crippen LogP contribution in [0.25, 0.3) is 16.3 Å². The van der Waals surface area contributed by atoms with Crippen LogP contribution in [-0.2, 0) is 26.2 Å². The number of hydrogen-bond donors (Lipinski definition) is 1. The summed E-state index contributed by atoms with van der Waals surface area (Å²) in [6, 6.07) is 16.8. The SMILES string of the molecule is O=C(CCNS(=O)(=O)/C=C/c1ccccc1)OCc1nc2ccccc2s1. The number of ether oxygens (including phenoxy) is 1. The van der Waals surface area contributed by atoms with Crippen LogP contribution in [-0.4, -0.2) is 25.9 Å². The van der Waals surface area contributed by atoms with Crippen LogP contribution >= 0.6 is 11.3 Å². The second-order valence-electron chi connectivity index (χ2n) is 5.64. The third-order valence-electron chi connectivity index (χ3n) is 3.57. The molecule has 2 aromatic carbocycles. The lowest BCUT2D eigenvalue weighted by atomic mass is 10.2. The van der Waals surface area contributed by atoms with Crippen molar-refractivity contribution in [3.63, 3.8) is 0 Å². The van der Waals surface area contributed by atoms with E-state index >= 15 is 0 Å². The highest BCUT2D eigenvalue weighted by Crippen LogP contribution is 2.22. The summed E-state index contributed by atoms with van der Waals surface area (Å²) < 4.78 is 32.3. The van der Waals surface area contributed by atoms with Crippen molar-refractivity contribution in [3.8, 4) is 0 Å². The van der Waals surface area contributed by atoms with E-state index in [1.165, 1.54) is 17.4 Å². The molecule has 0 spiro atoms. The minimum absolute atomic E-state index is 0.0276. The monoisotopic (exact) mass is 402 g/mol. The molecule has 0 radical (unpaired) electrons. The summed E-state index contributed by atoms with van der Waals surface area (Å²) >= 11 is 1.46. The number of esters is 1. The number of hydrogen-bond acceptors (Lipinski definition) is 6. The summed E-state index contributed by atoms with van der Waals surface area (Å²) in [5, 5.41) is 1.78. The number of aromatic nitrogens is 1. The molecule has 1 aromatic heterocycles. The van der Waals surface area contributed by atoms with Gasteiger partial charge in [0.05, 0.1) is 16.6 Å². The third-order valence-corrected chi connectivity index (χ3v) is 5.68. The Labute approximate surface area is 161 Å². The first-order valence-electron chi connectivity index (χ1n) is 8.25. The number of thiazole rings is 1. The van der Waals surface area contributed by atoms with E-state index in [0.717, 1.165) is 21.2 Å². The Morgan fingerprint density at radius 2 is 1.85 bits per heavy atom. The first kappa shape index (κ1) is 19.2. The number of nitrogens with zero attached hydrogens (tertiary/aromatic N) is 1. The highest BCUT2D eigenvalue weighted by atomic mass is 32.2. The lowest BCUT2D eigenvalue weighted by Crippen LogP contribution is -2.24. The van der Waals surface area contributed by atoms with Crippen LogP contribution in [0, 0.1) is 0 Å². The molecular formula is C19H18N2O4S2. The third kappa shape index (κ3) is 5.99. The number of carbonyl (C=O) groups is 1. The van der Waals surface area contributed by atoms with E-state index in [2.05, 4.69) is 9.71 Å². The molecule has 1 heterocycles. The highest BCUT2D eigenvalue weighted by molar-refractivity contribution is 7.92. The van der Waals surface area contributed by atoms with Gasteiger partial charge >= 0.3 is 5.97 Å². The largest absolute Gasteiger partial charge is 0.458 e. The first-order valence-corrected chi connectivity index (χ1v) is 10.6. The van der Waals surface area contributed by atoms with Gasteiger partial charge in [-0.3, -0.25) is 4.79 Å². The van der Waals surface area contributed by atoms with Gasteiger partial charge in [0.1, 0.15) is 11.6 Å². The molecule has 0 aliphatic carbocycles. The predicted molar refractivity (Wildman–Crippen MR) is 106 cm³/mol. The van der Waals surface area contributed by atoms with Crippen molar-refractivity contribution < 1.29 is 17.9 Å². The van der Waals surface area contributed by atoms with Gasteiger partial charge in [0.25, 0.3) is 0 Å². The molecule has 0 bridgehead atoms. The summed E-state index contributed by atoms with van der Waals surface area (Å²) in [5.74, 6) is -0.482. The Kier molecular flexibility index (Phi) is 6.33. The van der Waals surface area contributed by atoms with E-state index in [9.17, 15) is 13.2 Å². The summed E-state index contributed by atoms with van der Waals surface area (Å²) in [4.78, 5) is 16.2. The van der Waals surface area contributed by atoms with Gasteiger partial charge < -0.3 is 4.74 Å². The smallest absolute Gasteiger partial charge is 0.307 e. The summed E-state index contributed by atoms with van der Waals surface area (Å²) in [7, 11) is -3.61. The van der Waals surface area contributed by atoms with Crippen molar-refractivity contribution in [1.29, 1.82) is 0 Å². The Bertz CT molecular complexity index is 1010. The number of benzene rings is 2. The number of nitrogens with one attached hydrogen (secondary N) is 1. The minimum atomic E-state index is -3.61. The number of fused-ring (bicyclic) bond motifs is 1. The van der Waals surface area contributed by atoms with Crippen molar-refractivity contribution >= 4 is 43.6 Å². The van der Waals surface area contributed by atoms with Gasteiger partial charge in [-0.2, -0.15) is 0 Å². The van der Waals surface area contributed by atoms with Crippen LogP contribution in [0.1, 0.15) is 17.0 Å². The standard InChI is InChI=1S/C19H18N2O4S2/c22-19(25-14-18-21-16-8-4-5-9-17(16)26-18)10-12-20-27(23,24)13-11-15-6-2-1-3-7-15/h1-9,11,13,20H,10,12,14H2/b13-11+. The fourth-order valence-corrected chi connectivity index (χ4v) is 3.97. The predicted octanol–water partition coefficient (Wildman–Crippen LogP) is 3.32. The normalized spacial score (nSPS) is 11.9. The van der Waals surface area contributed by atoms with Crippen molar-refractivity contribution in [2.45, 2.75) is 13.0 Å². The van der Waals surface area contributed by atoms with Crippen LogP contribution in [0.15, 0.2) is 60.0 Å². The van der Waals surface area contributed by atoms with Crippen LogP contribution in [0.4, 0.5) is 0 Å². The number of sulfonamides is 1. The maximum absolute atomic E-state index is 11.9. The van der Waals surface area contributed by atoms with E-state index in [1.54, 1.807) is 12.1 Å². The Morgan fingerprint density at radius 3 is 2.63 bits per heavy atom. The molecule has 140 valence electrons. The number of para-hydroxylation sites is 1. The van der Waals surface area contributed by atoms with E-state index in [4.69, 9.17) is 4.74 Å². The molecule has 27 heavy (non-hydrogen) atoms. The molecule has 0 aliphatic rings. The van der Waals surface area contributed by atoms with Crippen LogP contribution < -0.4 is 4.72 Å². The van der Waals surface area contributed by atoms with Gasteiger partial charge in [0.2, 0.25) is 10.0 Å². The molecule has 0 unspecified atom stereocenters. The Morgan fingerprint density at radius 1 is 1.11 bits per heavy atom. The molecule has 0 aliphatic heterocycles. The molecule has 3 aromatic rings. The van der Waals surface area contributed by atoms with Crippen molar-refractivity contribution in [1.82, 2.24) is 9.71 Å². The summed E-state index contributed by atoms with van der Waals surface area (Å²) in [6.45, 7) is 0.0545. The van der Waals surface area contributed by atoms with Crippen LogP contribution in [0.2, 0.25) is 0 Å². The molecule has 8 heteroatoms. The van der Waals surface area contributed by atoms with Gasteiger partial charge in [-0.05, 0) is 23.8 Å². The van der Waals surface area contributed by atoms with Crippen molar-refractivity contribution in [3.05, 3.63) is 70.6 Å². The van der Waals surface area contributed by atoms with E-state index < -0.39 is 16.0 Å². The van der Waals surface area contributed by atoms with Gasteiger partial charge in [-0.25, -0.2) is 18.1 Å². The van der Waals surface area contributed by atoms with Gasteiger partial charge in [-0.1, -0.05) is 42.5 Å². The lowest BCUT2D eigenvalue weighted by Gasteiger charge is -2.04. The maximum Gasteiger partial charge on any atom is 0.307 e. The van der Waals surface area contributed by atoms with Gasteiger partial charge in [-0.15, -0.1) is 11.3 Å². The maximum atomic E-state index is 11.9. The Balaban J connectivity index is 1.42. The quantitative estimate of drug-likeness (QED) is 0.584. The lowest BCUT2D eigenvalue weighted by molar-refractivity contribution is -0.144. The minimum Gasteiger partial charge on any atom is -0.458 e. The highest BCUT2D eigenvalue weighted by Gasteiger charge is 2.10. The zero-order chi connectivity index (χ0) is 19.1. The number of carbonyl (C=O) groups excluding carboxylic acids is 1. The zero-order valence-corrected chi connectivity index (χ0v) is 16.0. The molecule has 3 rings (SSSR count). The molecule has 0 saturated heterocycles. The molecule has 6 nitrogen and oxygen atoms in total. The Hall–Kier alpha value is -2.55. The van der Waals surface area contributed by atoms with Gasteiger partial charge in [0.15, 0.2) is 0 Å². The van der Waals surface area contributed by atoms with Crippen LogP contribution in [0.5, 0.6) is 0 Å². The topological polar surface area (TPSA) is 85.4 Å². The molecule has 0 amide bonds.